The summed E-state index contributed by atoms with van der Waals surface area (Å²) in [6, 6.07) is 5.64. The van der Waals surface area contributed by atoms with Gasteiger partial charge in [0.25, 0.3) is 0 Å². The van der Waals surface area contributed by atoms with Crippen LogP contribution in [0.25, 0.3) is 0 Å². The summed E-state index contributed by atoms with van der Waals surface area (Å²) in [7, 11) is 0. The lowest BCUT2D eigenvalue weighted by molar-refractivity contribution is -0.169. The zero-order chi connectivity index (χ0) is 16.0. The molecule has 1 atom stereocenters. The molecule has 1 aromatic carbocycles. The normalized spacial score (nSPS) is 11.6. The van der Waals surface area contributed by atoms with Crippen molar-refractivity contribution >= 4 is 17.9 Å². The van der Waals surface area contributed by atoms with Gasteiger partial charge in [0.05, 0.1) is 11.1 Å². The van der Waals surface area contributed by atoms with Gasteiger partial charge in [0.15, 0.2) is 0 Å². The highest BCUT2D eigenvalue weighted by Crippen LogP contribution is 2.15. The van der Waals surface area contributed by atoms with Crippen LogP contribution in [0.3, 0.4) is 0 Å². The van der Waals surface area contributed by atoms with Gasteiger partial charge in [-0.3, -0.25) is 0 Å². The van der Waals surface area contributed by atoms with Crippen LogP contribution in [0.2, 0.25) is 0 Å². The van der Waals surface area contributed by atoms with Crippen LogP contribution in [0.1, 0.15) is 34.6 Å². The van der Waals surface area contributed by atoms with Crippen molar-refractivity contribution in [3.05, 3.63) is 48.0 Å². The first-order valence-electron chi connectivity index (χ1n) is 6.23. The van der Waals surface area contributed by atoms with Crippen LogP contribution in [0.4, 0.5) is 0 Å². The van der Waals surface area contributed by atoms with Crippen molar-refractivity contribution in [2.45, 2.75) is 20.1 Å². The molecule has 0 aliphatic carbocycles. The van der Waals surface area contributed by atoms with E-state index in [2.05, 4.69) is 6.58 Å². The molecule has 0 saturated heterocycles. The number of ether oxygens (including phenoxy) is 2. The van der Waals surface area contributed by atoms with Gasteiger partial charge in [0.1, 0.15) is 0 Å². The predicted molar refractivity (Wildman–Crippen MR) is 73.7 cm³/mol. The van der Waals surface area contributed by atoms with Crippen LogP contribution in [0.5, 0.6) is 0 Å². The number of carbonyl (C=O) groups excluding carboxylic acids is 2. The van der Waals surface area contributed by atoms with Crippen LogP contribution in [0.15, 0.2) is 36.9 Å². The highest BCUT2D eigenvalue weighted by atomic mass is 16.7. The second-order valence-electron chi connectivity index (χ2n) is 4.51. The van der Waals surface area contributed by atoms with E-state index in [0.29, 0.717) is 0 Å². The van der Waals surface area contributed by atoms with E-state index in [1.54, 1.807) is 13.8 Å². The van der Waals surface area contributed by atoms with E-state index < -0.39 is 24.2 Å². The maximum Gasteiger partial charge on any atom is 0.342 e. The molecule has 0 aliphatic rings. The fourth-order valence-electron chi connectivity index (χ4n) is 1.48. The van der Waals surface area contributed by atoms with E-state index in [1.165, 1.54) is 24.3 Å². The van der Waals surface area contributed by atoms with Crippen molar-refractivity contribution in [2.24, 2.45) is 5.92 Å². The Bertz CT molecular complexity index is 561. The Hall–Kier alpha value is -2.63. The van der Waals surface area contributed by atoms with E-state index in [1.807, 2.05) is 0 Å². The summed E-state index contributed by atoms with van der Waals surface area (Å²) in [6.07, 6.45) is -0.168. The van der Waals surface area contributed by atoms with Crippen molar-refractivity contribution in [1.29, 1.82) is 0 Å². The van der Waals surface area contributed by atoms with Crippen LogP contribution in [0, 0.1) is 5.92 Å². The zero-order valence-electron chi connectivity index (χ0n) is 11.7. The molecule has 0 fully saturated rings. The molecule has 0 aromatic heterocycles. The molecule has 0 spiro atoms. The summed E-state index contributed by atoms with van der Waals surface area (Å²) >= 11 is 0. The van der Waals surface area contributed by atoms with E-state index in [4.69, 9.17) is 14.6 Å². The molecule has 1 aromatic rings. The average Bonchev–Trinajstić information content (AvgIpc) is 2.45. The van der Waals surface area contributed by atoms with Gasteiger partial charge < -0.3 is 14.6 Å². The Balaban J connectivity index is 2.95. The zero-order valence-corrected chi connectivity index (χ0v) is 11.7. The van der Waals surface area contributed by atoms with Crippen LogP contribution < -0.4 is 0 Å². The Kier molecular flexibility index (Phi) is 5.66. The van der Waals surface area contributed by atoms with Gasteiger partial charge in [-0.25, -0.2) is 14.4 Å². The molecule has 112 valence electrons. The fourth-order valence-corrected chi connectivity index (χ4v) is 1.48. The van der Waals surface area contributed by atoms with Crippen molar-refractivity contribution in [1.82, 2.24) is 0 Å². The minimum absolute atomic E-state index is 0.106. The molecule has 21 heavy (non-hydrogen) atoms. The summed E-state index contributed by atoms with van der Waals surface area (Å²) in [6.45, 7) is 6.64. The lowest BCUT2D eigenvalue weighted by Gasteiger charge is -2.21. The van der Waals surface area contributed by atoms with Crippen molar-refractivity contribution in [3.63, 3.8) is 0 Å². The summed E-state index contributed by atoms with van der Waals surface area (Å²) in [5, 5.41) is 9.03. The fraction of sp³-hybridized carbons (Fsp3) is 0.267. The highest BCUT2D eigenvalue weighted by molar-refractivity contribution is 6.02. The maximum atomic E-state index is 12.1. The molecule has 0 amide bonds. The molecule has 1 rings (SSSR count). The van der Waals surface area contributed by atoms with Crippen LogP contribution >= 0.6 is 0 Å². The number of carbonyl (C=O) groups is 3. The second-order valence-corrected chi connectivity index (χ2v) is 4.51. The average molecular weight is 292 g/mol. The van der Waals surface area contributed by atoms with E-state index >= 15 is 0 Å². The highest BCUT2D eigenvalue weighted by Gasteiger charge is 2.25. The van der Waals surface area contributed by atoms with Gasteiger partial charge in [0, 0.05) is 12.0 Å². The predicted octanol–water partition coefficient (Wildman–Crippen LogP) is 2.25. The number of hydrogen-bond donors (Lipinski definition) is 1. The number of aromatic carboxylic acids is 1. The minimum atomic E-state index is -1.24. The Morgan fingerprint density at radius 1 is 1.14 bits per heavy atom. The molecule has 0 radical (unpaired) electrons. The maximum absolute atomic E-state index is 12.1. The van der Waals surface area contributed by atoms with Gasteiger partial charge in [-0.05, 0) is 12.1 Å². The first-order chi connectivity index (χ1) is 9.86. The molecule has 6 nitrogen and oxygen atoms in total. The van der Waals surface area contributed by atoms with E-state index in [-0.39, 0.29) is 17.0 Å². The van der Waals surface area contributed by atoms with Gasteiger partial charge in [-0.15, -0.1) is 0 Å². The number of esters is 2. The molecule has 1 unspecified atom stereocenters. The molecule has 0 bridgehead atoms. The summed E-state index contributed by atoms with van der Waals surface area (Å²) < 4.78 is 9.97. The third-order valence-electron chi connectivity index (χ3n) is 2.54. The van der Waals surface area contributed by atoms with E-state index in [0.717, 1.165) is 6.08 Å². The van der Waals surface area contributed by atoms with Crippen molar-refractivity contribution in [2.75, 3.05) is 0 Å². The Morgan fingerprint density at radius 3 is 2.19 bits per heavy atom. The topological polar surface area (TPSA) is 89.9 Å². The first kappa shape index (κ1) is 16.4. The third-order valence-corrected chi connectivity index (χ3v) is 2.54. The van der Waals surface area contributed by atoms with Crippen molar-refractivity contribution < 1.29 is 29.0 Å². The molecule has 0 heterocycles. The van der Waals surface area contributed by atoms with Gasteiger partial charge in [-0.2, -0.15) is 0 Å². The lowest BCUT2D eigenvalue weighted by atomic mass is 10.1. The molecule has 1 N–H and O–H groups in total. The molecular formula is C15H16O6. The monoisotopic (exact) mass is 292 g/mol. The van der Waals surface area contributed by atoms with Crippen LogP contribution in [-0.4, -0.2) is 29.3 Å². The Morgan fingerprint density at radius 2 is 1.71 bits per heavy atom. The molecule has 0 saturated carbocycles. The number of carboxylic acids is 1. The standard InChI is InChI=1S/C15H16O6/c1-4-12(16)20-15(9(2)3)21-14(19)11-8-6-5-7-10(11)13(17)18/h4-9,15H,1H2,2-3H3,(H,17,18). The number of benzene rings is 1. The third kappa shape index (κ3) is 4.45. The quantitative estimate of drug-likeness (QED) is 0.491. The molecule has 0 aliphatic heterocycles. The van der Waals surface area contributed by atoms with Crippen LogP contribution in [-0.2, 0) is 14.3 Å². The Labute approximate surface area is 122 Å². The molecule has 6 heteroatoms. The van der Waals surface area contributed by atoms with Gasteiger partial charge >= 0.3 is 17.9 Å². The lowest BCUT2D eigenvalue weighted by Crippen LogP contribution is -2.29. The second kappa shape index (κ2) is 7.23. The number of hydrogen-bond acceptors (Lipinski definition) is 5. The number of carboxylic acid groups (broad SMARTS) is 1. The van der Waals surface area contributed by atoms with E-state index in [9.17, 15) is 14.4 Å². The van der Waals surface area contributed by atoms with Gasteiger partial charge in [0.2, 0.25) is 6.29 Å². The first-order valence-corrected chi connectivity index (χ1v) is 6.23. The van der Waals surface area contributed by atoms with Crippen molar-refractivity contribution in [3.8, 4) is 0 Å². The smallest absolute Gasteiger partial charge is 0.342 e. The number of rotatable bonds is 6. The summed E-state index contributed by atoms with van der Waals surface area (Å²) in [5.41, 5.74) is -0.287. The summed E-state index contributed by atoms with van der Waals surface area (Å²) in [5.74, 6) is -3.14. The molecular weight excluding hydrogens is 276 g/mol. The SMILES string of the molecule is C=CC(=O)OC(OC(=O)c1ccccc1C(=O)O)C(C)C. The summed E-state index contributed by atoms with van der Waals surface area (Å²) in [4.78, 5) is 34.3. The van der Waals surface area contributed by atoms with Gasteiger partial charge in [-0.1, -0.05) is 32.6 Å². The largest absolute Gasteiger partial charge is 0.478 e. The minimum Gasteiger partial charge on any atom is -0.478 e.